The van der Waals surface area contributed by atoms with Crippen LogP contribution >= 0.6 is 0 Å². The van der Waals surface area contributed by atoms with Crippen LogP contribution < -0.4 is 37.2 Å². The van der Waals surface area contributed by atoms with E-state index in [0.29, 0.717) is 12.1 Å². The van der Waals surface area contributed by atoms with E-state index in [-0.39, 0.29) is 18.5 Å². The molecule has 4 unspecified atom stereocenters. The van der Waals surface area contributed by atoms with Gasteiger partial charge in [-0.25, -0.2) is 4.79 Å². The van der Waals surface area contributed by atoms with Gasteiger partial charge < -0.3 is 26.6 Å². The minimum Gasteiger partial charge on any atom is -0.310 e. The van der Waals surface area contributed by atoms with Crippen molar-refractivity contribution in [3.63, 3.8) is 0 Å². The first kappa shape index (κ1) is 19.1. The van der Waals surface area contributed by atoms with Gasteiger partial charge in [0.25, 0.3) is 0 Å². The Balaban J connectivity index is 1.42. The summed E-state index contributed by atoms with van der Waals surface area (Å²) in [6, 6.07) is 8.38. The molecule has 1 aromatic rings. The van der Waals surface area contributed by atoms with Crippen LogP contribution in [0.3, 0.4) is 0 Å². The molecule has 7 N–H and O–H groups in total. The molecule has 0 spiro atoms. The molecule has 2 aliphatic rings. The zero-order valence-corrected chi connectivity index (χ0v) is 15.6. The Morgan fingerprint density at radius 1 is 1.31 bits per heavy atom. The number of urea groups is 1. The minimum absolute atomic E-state index is 0.171. The molecule has 26 heavy (non-hydrogen) atoms. The van der Waals surface area contributed by atoms with E-state index in [1.807, 2.05) is 31.2 Å². The Kier molecular flexibility index (Phi) is 6.81. The molecule has 2 aliphatic heterocycles. The summed E-state index contributed by atoms with van der Waals surface area (Å²) >= 11 is 0. The fourth-order valence-electron chi connectivity index (χ4n) is 3.44. The molecule has 8 heteroatoms. The van der Waals surface area contributed by atoms with Gasteiger partial charge in [0.1, 0.15) is 6.29 Å². The molecule has 2 amide bonds. The Morgan fingerprint density at radius 3 is 2.96 bits per heavy atom. The first-order chi connectivity index (χ1) is 12.6. The summed E-state index contributed by atoms with van der Waals surface area (Å²) in [7, 11) is 0. The zero-order valence-electron chi connectivity index (χ0n) is 15.6. The standard InChI is InChI=1S/C18H31N7O/c1-12-4-3-5-14(8-12)23-18(26)25-17-22-13(2)9-16(24-17)20-7-6-15-10-19-11-21-15/h3-5,8,13,15-17,19-22,24H,6-7,9-11H2,1-2H3,(H2,23,25,26). The molecule has 0 bridgehead atoms. The average molecular weight is 361 g/mol. The molecular weight excluding hydrogens is 330 g/mol. The molecule has 0 radical (unpaired) electrons. The van der Waals surface area contributed by atoms with Gasteiger partial charge >= 0.3 is 6.03 Å². The summed E-state index contributed by atoms with van der Waals surface area (Å²) in [6.07, 6.45) is 1.95. The predicted molar refractivity (Wildman–Crippen MR) is 104 cm³/mol. The summed E-state index contributed by atoms with van der Waals surface area (Å²) in [5.74, 6) is 0. The Hall–Kier alpha value is -1.71. The fourth-order valence-corrected chi connectivity index (χ4v) is 3.44. The van der Waals surface area contributed by atoms with Crippen LogP contribution in [0.5, 0.6) is 0 Å². The zero-order chi connectivity index (χ0) is 18.4. The SMILES string of the molecule is Cc1cccc(NC(=O)NC2NC(C)CC(NCCC3CNCN3)N2)c1. The lowest BCUT2D eigenvalue weighted by Gasteiger charge is -2.37. The number of hydrogen-bond donors (Lipinski definition) is 7. The van der Waals surface area contributed by atoms with E-state index in [0.717, 1.165) is 43.9 Å². The molecule has 2 saturated heterocycles. The third-order valence-electron chi connectivity index (χ3n) is 4.75. The van der Waals surface area contributed by atoms with E-state index < -0.39 is 0 Å². The summed E-state index contributed by atoms with van der Waals surface area (Å²) in [5, 5.41) is 22.9. The second-order valence-electron chi connectivity index (χ2n) is 7.20. The second kappa shape index (κ2) is 9.29. The van der Waals surface area contributed by atoms with E-state index >= 15 is 0 Å². The molecule has 2 heterocycles. The van der Waals surface area contributed by atoms with Gasteiger partial charge in [-0.3, -0.25) is 10.6 Å². The van der Waals surface area contributed by atoms with Crippen molar-refractivity contribution < 1.29 is 4.79 Å². The number of anilines is 1. The molecule has 144 valence electrons. The molecule has 4 atom stereocenters. The van der Waals surface area contributed by atoms with Gasteiger partial charge in [-0.1, -0.05) is 12.1 Å². The third kappa shape index (κ3) is 5.93. The third-order valence-corrected chi connectivity index (χ3v) is 4.75. The van der Waals surface area contributed by atoms with Gasteiger partial charge in [0.2, 0.25) is 0 Å². The summed E-state index contributed by atoms with van der Waals surface area (Å²) < 4.78 is 0. The van der Waals surface area contributed by atoms with E-state index in [9.17, 15) is 4.79 Å². The normalized spacial score (nSPS) is 28.7. The first-order valence-electron chi connectivity index (χ1n) is 9.42. The van der Waals surface area contributed by atoms with Crippen molar-refractivity contribution in [1.82, 2.24) is 31.9 Å². The summed E-state index contributed by atoms with van der Waals surface area (Å²) in [4.78, 5) is 12.3. The Labute approximate surface area is 155 Å². The molecular formula is C18H31N7O. The molecule has 3 rings (SSSR count). The lowest BCUT2D eigenvalue weighted by molar-refractivity contribution is 0.193. The van der Waals surface area contributed by atoms with Crippen LogP contribution in [0.2, 0.25) is 0 Å². The Bertz CT molecular complexity index is 591. The number of hydrogen-bond acceptors (Lipinski definition) is 6. The van der Waals surface area contributed by atoms with Crippen LogP contribution in [0, 0.1) is 6.92 Å². The average Bonchev–Trinajstić information content (AvgIpc) is 3.07. The van der Waals surface area contributed by atoms with Crippen LogP contribution in [0.4, 0.5) is 10.5 Å². The van der Waals surface area contributed by atoms with E-state index in [2.05, 4.69) is 44.1 Å². The number of carbonyl (C=O) groups is 1. The van der Waals surface area contributed by atoms with Crippen molar-refractivity contribution >= 4 is 11.7 Å². The molecule has 0 aliphatic carbocycles. The number of amides is 2. The Morgan fingerprint density at radius 2 is 2.19 bits per heavy atom. The van der Waals surface area contributed by atoms with E-state index in [1.165, 1.54) is 0 Å². The van der Waals surface area contributed by atoms with Gasteiger partial charge in [0.15, 0.2) is 0 Å². The molecule has 2 fully saturated rings. The van der Waals surface area contributed by atoms with Crippen molar-refractivity contribution in [1.29, 1.82) is 0 Å². The lowest BCUT2D eigenvalue weighted by atomic mass is 10.1. The maximum atomic E-state index is 12.3. The number of rotatable bonds is 6. The van der Waals surface area contributed by atoms with Crippen LogP contribution in [0.15, 0.2) is 24.3 Å². The number of carbonyl (C=O) groups excluding carboxylic acids is 1. The maximum absolute atomic E-state index is 12.3. The lowest BCUT2D eigenvalue weighted by Crippen LogP contribution is -2.67. The van der Waals surface area contributed by atoms with Gasteiger partial charge in [-0.2, -0.15) is 0 Å². The monoisotopic (exact) mass is 361 g/mol. The molecule has 8 nitrogen and oxygen atoms in total. The summed E-state index contributed by atoms with van der Waals surface area (Å²) in [6.45, 7) is 7.00. The maximum Gasteiger partial charge on any atom is 0.321 e. The van der Waals surface area contributed by atoms with Crippen molar-refractivity contribution in [3.8, 4) is 0 Å². The molecule has 1 aromatic carbocycles. The quantitative estimate of drug-likeness (QED) is 0.391. The van der Waals surface area contributed by atoms with Crippen LogP contribution in [0.25, 0.3) is 0 Å². The van der Waals surface area contributed by atoms with Crippen LogP contribution in [-0.2, 0) is 0 Å². The van der Waals surface area contributed by atoms with Gasteiger partial charge in [-0.05, 0) is 50.9 Å². The first-order valence-corrected chi connectivity index (χ1v) is 9.42. The largest absolute Gasteiger partial charge is 0.321 e. The van der Waals surface area contributed by atoms with Crippen molar-refractivity contribution in [2.75, 3.05) is 25.1 Å². The highest BCUT2D eigenvalue weighted by Gasteiger charge is 2.26. The van der Waals surface area contributed by atoms with Crippen molar-refractivity contribution in [2.24, 2.45) is 0 Å². The van der Waals surface area contributed by atoms with Crippen LogP contribution in [-0.4, -0.2) is 50.3 Å². The fraction of sp³-hybridized carbons (Fsp3) is 0.611. The summed E-state index contributed by atoms with van der Waals surface area (Å²) in [5.41, 5.74) is 1.90. The van der Waals surface area contributed by atoms with Gasteiger partial charge in [-0.15, -0.1) is 0 Å². The smallest absolute Gasteiger partial charge is 0.310 e. The van der Waals surface area contributed by atoms with Gasteiger partial charge in [0, 0.05) is 31.0 Å². The highest BCUT2D eigenvalue weighted by molar-refractivity contribution is 5.89. The molecule has 0 saturated carbocycles. The van der Waals surface area contributed by atoms with E-state index in [1.54, 1.807) is 0 Å². The number of benzene rings is 1. The van der Waals surface area contributed by atoms with E-state index in [4.69, 9.17) is 0 Å². The number of nitrogens with one attached hydrogen (secondary N) is 7. The van der Waals surface area contributed by atoms with Gasteiger partial charge in [0.05, 0.1) is 6.17 Å². The van der Waals surface area contributed by atoms with Crippen molar-refractivity contribution in [2.45, 2.75) is 51.2 Å². The van der Waals surface area contributed by atoms with Crippen LogP contribution in [0.1, 0.15) is 25.3 Å². The highest BCUT2D eigenvalue weighted by atomic mass is 16.2. The predicted octanol–water partition coefficient (Wildman–Crippen LogP) is 0.196. The number of aryl methyl sites for hydroxylation is 1. The van der Waals surface area contributed by atoms with Crippen molar-refractivity contribution in [3.05, 3.63) is 29.8 Å². The highest BCUT2D eigenvalue weighted by Crippen LogP contribution is 2.09. The topological polar surface area (TPSA) is 101 Å². The minimum atomic E-state index is -0.271. The molecule has 0 aromatic heterocycles. The second-order valence-corrected chi connectivity index (χ2v) is 7.20.